The van der Waals surface area contributed by atoms with Crippen molar-refractivity contribution < 1.29 is 4.79 Å². The Hall–Kier alpha value is -1.53. The van der Waals surface area contributed by atoms with Gasteiger partial charge in [0.15, 0.2) is 0 Å². The fourth-order valence-corrected chi connectivity index (χ4v) is 3.20. The van der Waals surface area contributed by atoms with Gasteiger partial charge >= 0.3 is 0 Å². The number of aromatic nitrogens is 2. The van der Waals surface area contributed by atoms with Crippen molar-refractivity contribution in [3.63, 3.8) is 0 Å². The molecule has 0 spiro atoms. The molecule has 1 unspecified atom stereocenters. The average Bonchev–Trinajstić information content (AvgIpc) is 2.99. The monoisotopic (exact) mass is 275 g/mol. The lowest BCUT2D eigenvalue weighted by atomic mass is 10.0. The Labute approximate surface area is 119 Å². The molecule has 2 aliphatic rings. The largest absolute Gasteiger partial charge is 0.317 e. The predicted octanol–water partition coefficient (Wildman–Crippen LogP) is 0.631. The van der Waals surface area contributed by atoms with Crippen LogP contribution in [0, 0.1) is 0 Å². The van der Waals surface area contributed by atoms with E-state index < -0.39 is 0 Å². The molecule has 0 bridgehead atoms. The van der Waals surface area contributed by atoms with E-state index in [-0.39, 0.29) is 11.9 Å². The topological polar surface area (TPSA) is 70.2 Å². The number of nitrogens with one attached hydrogen (secondary N) is 2. The molecule has 2 fully saturated rings. The first kappa shape index (κ1) is 13.5. The van der Waals surface area contributed by atoms with Crippen LogP contribution in [0.4, 0.5) is 5.95 Å². The second-order valence-corrected chi connectivity index (χ2v) is 5.44. The zero-order chi connectivity index (χ0) is 13.8. The van der Waals surface area contributed by atoms with Crippen LogP contribution in [0.15, 0.2) is 18.5 Å². The van der Waals surface area contributed by atoms with Gasteiger partial charge in [0.05, 0.1) is 6.04 Å². The van der Waals surface area contributed by atoms with Crippen LogP contribution in [-0.4, -0.2) is 52.5 Å². The highest BCUT2D eigenvalue weighted by Gasteiger charge is 2.35. The van der Waals surface area contributed by atoms with E-state index in [0.717, 1.165) is 45.3 Å². The molecule has 1 aromatic rings. The maximum atomic E-state index is 12.4. The van der Waals surface area contributed by atoms with Gasteiger partial charge in [-0.1, -0.05) is 0 Å². The highest BCUT2D eigenvalue weighted by Crippen LogP contribution is 2.25. The van der Waals surface area contributed by atoms with Gasteiger partial charge in [-0.15, -0.1) is 0 Å². The third-order valence-electron chi connectivity index (χ3n) is 4.18. The molecule has 1 atom stereocenters. The summed E-state index contributed by atoms with van der Waals surface area (Å²) in [5.74, 6) is 0.432. The second-order valence-electron chi connectivity index (χ2n) is 5.44. The third kappa shape index (κ3) is 2.96. The van der Waals surface area contributed by atoms with Crippen molar-refractivity contribution in [3.8, 4) is 0 Å². The summed E-state index contributed by atoms with van der Waals surface area (Å²) in [7, 11) is 0. The lowest BCUT2D eigenvalue weighted by Crippen LogP contribution is -2.49. The number of likely N-dealkylation sites (tertiary alicyclic amines) is 1. The Balaban J connectivity index is 1.64. The van der Waals surface area contributed by atoms with Gasteiger partial charge < -0.3 is 5.32 Å². The summed E-state index contributed by atoms with van der Waals surface area (Å²) in [5.41, 5.74) is 0. The number of amides is 1. The minimum absolute atomic E-state index is 0.0260. The molecule has 1 aromatic heterocycles. The van der Waals surface area contributed by atoms with E-state index >= 15 is 0 Å². The first-order valence-corrected chi connectivity index (χ1v) is 7.39. The number of nitrogens with zero attached hydrogens (tertiary/aromatic N) is 3. The number of carbonyl (C=O) groups excluding carboxylic acids is 1. The Morgan fingerprint density at radius 3 is 2.75 bits per heavy atom. The number of carbonyl (C=O) groups is 1. The average molecular weight is 275 g/mol. The molecule has 20 heavy (non-hydrogen) atoms. The first-order valence-electron chi connectivity index (χ1n) is 7.39. The molecular weight excluding hydrogens is 254 g/mol. The SMILES string of the molecule is O=C(Nc1ncccn1)C1CCCN1C1CCNCC1. The van der Waals surface area contributed by atoms with Gasteiger partial charge in [-0.25, -0.2) is 9.97 Å². The van der Waals surface area contributed by atoms with Gasteiger partial charge in [0, 0.05) is 18.4 Å². The first-order chi connectivity index (χ1) is 9.84. The van der Waals surface area contributed by atoms with Crippen molar-refractivity contribution in [1.82, 2.24) is 20.2 Å². The van der Waals surface area contributed by atoms with Gasteiger partial charge in [0.1, 0.15) is 0 Å². The van der Waals surface area contributed by atoms with Crippen molar-refractivity contribution in [2.75, 3.05) is 25.0 Å². The highest BCUT2D eigenvalue weighted by molar-refractivity contribution is 5.93. The van der Waals surface area contributed by atoms with E-state index in [1.807, 2.05) is 0 Å². The van der Waals surface area contributed by atoms with Crippen LogP contribution in [0.3, 0.4) is 0 Å². The number of hydrogen-bond acceptors (Lipinski definition) is 5. The molecule has 0 aliphatic carbocycles. The van der Waals surface area contributed by atoms with E-state index in [4.69, 9.17) is 0 Å². The maximum absolute atomic E-state index is 12.4. The quantitative estimate of drug-likeness (QED) is 0.847. The zero-order valence-corrected chi connectivity index (χ0v) is 11.6. The maximum Gasteiger partial charge on any atom is 0.244 e. The van der Waals surface area contributed by atoms with E-state index in [0.29, 0.717) is 12.0 Å². The van der Waals surface area contributed by atoms with E-state index in [2.05, 4.69) is 25.5 Å². The molecule has 0 saturated carbocycles. The summed E-state index contributed by atoms with van der Waals surface area (Å²) in [6, 6.07) is 2.25. The van der Waals surface area contributed by atoms with Crippen molar-refractivity contribution >= 4 is 11.9 Å². The fraction of sp³-hybridized carbons (Fsp3) is 0.643. The van der Waals surface area contributed by atoms with Crippen LogP contribution in [-0.2, 0) is 4.79 Å². The molecule has 2 aliphatic heterocycles. The fourth-order valence-electron chi connectivity index (χ4n) is 3.20. The van der Waals surface area contributed by atoms with Crippen LogP contribution < -0.4 is 10.6 Å². The second kappa shape index (κ2) is 6.28. The van der Waals surface area contributed by atoms with Crippen molar-refractivity contribution in [3.05, 3.63) is 18.5 Å². The summed E-state index contributed by atoms with van der Waals surface area (Å²) in [4.78, 5) is 22.9. The molecule has 2 saturated heterocycles. The van der Waals surface area contributed by atoms with Gasteiger partial charge in [-0.3, -0.25) is 15.0 Å². The standard InChI is InChI=1S/C14H21N5O/c20-13(18-14-16-6-2-7-17-14)12-3-1-10-19(12)11-4-8-15-9-5-11/h2,6-7,11-12,15H,1,3-5,8-10H2,(H,16,17,18,20). The molecule has 6 nitrogen and oxygen atoms in total. The number of anilines is 1. The van der Waals surface area contributed by atoms with Crippen molar-refractivity contribution in [1.29, 1.82) is 0 Å². The molecule has 3 rings (SSSR count). The van der Waals surface area contributed by atoms with Gasteiger partial charge in [-0.05, 0) is 51.4 Å². The summed E-state index contributed by atoms with van der Waals surface area (Å²) in [6.45, 7) is 3.13. The predicted molar refractivity (Wildman–Crippen MR) is 76.3 cm³/mol. The molecule has 3 heterocycles. The minimum atomic E-state index is -0.0260. The van der Waals surface area contributed by atoms with Gasteiger partial charge in [0.25, 0.3) is 0 Å². The van der Waals surface area contributed by atoms with E-state index in [1.165, 1.54) is 0 Å². The van der Waals surface area contributed by atoms with Crippen molar-refractivity contribution in [2.45, 2.75) is 37.8 Å². The zero-order valence-electron chi connectivity index (χ0n) is 11.6. The van der Waals surface area contributed by atoms with E-state index in [1.54, 1.807) is 18.5 Å². The van der Waals surface area contributed by atoms with Crippen LogP contribution >= 0.6 is 0 Å². The molecular formula is C14H21N5O. The Morgan fingerprint density at radius 1 is 1.25 bits per heavy atom. The Morgan fingerprint density at radius 2 is 2.00 bits per heavy atom. The Kier molecular flexibility index (Phi) is 4.22. The van der Waals surface area contributed by atoms with Gasteiger partial charge in [0.2, 0.25) is 11.9 Å². The summed E-state index contributed by atoms with van der Waals surface area (Å²) in [5, 5.41) is 6.21. The molecule has 108 valence electrons. The highest BCUT2D eigenvalue weighted by atomic mass is 16.2. The number of hydrogen-bond donors (Lipinski definition) is 2. The number of piperidine rings is 1. The third-order valence-corrected chi connectivity index (χ3v) is 4.18. The van der Waals surface area contributed by atoms with Crippen LogP contribution in [0.2, 0.25) is 0 Å². The minimum Gasteiger partial charge on any atom is -0.317 e. The van der Waals surface area contributed by atoms with Crippen LogP contribution in [0.1, 0.15) is 25.7 Å². The van der Waals surface area contributed by atoms with Crippen molar-refractivity contribution in [2.24, 2.45) is 0 Å². The van der Waals surface area contributed by atoms with Crippen LogP contribution in [0.5, 0.6) is 0 Å². The summed E-state index contributed by atoms with van der Waals surface area (Å²) < 4.78 is 0. The molecule has 0 aromatic carbocycles. The smallest absolute Gasteiger partial charge is 0.244 e. The lowest BCUT2D eigenvalue weighted by Gasteiger charge is -2.35. The van der Waals surface area contributed by atoms with Crippen LogP contribution in [0.25, 0.3) is 0 Å². The lowest BCUT2D eigenvalue weighted by molar-refractivity contribution is -0.121. The Bertz CT molecular complexity index is 446. The molecule has 2 N–H and O–H groups in total. The molecule has 0 radical (unpaired) electrons. The van der Waals surface area contributed by atoms with E-state index in [9.17, 15) is 4.79 Å². The molecule has 1 amide bonds. The molecule has 6 heteroatoms. The number of rotatable bonds is 3. The summed E-state index contributed by atoms with van der Waals surface area (Å²) >= 11 is 0. The normalized spacial score (nSPS) is 24.7. The summed E-state index contributed by atoms with van der Waals surface area (Å²) in [6.07, 6.45) is 7.57. The van der Waals surface area contributed by atoms with Gasteiger partial charge in [-0.2, -0.15) is 0 Å².